The number of hydrogen-bond acceptors (Lipinski definition) is 4. The van der Waals surface area contributed by atoms with Crippen molar-refractivity contribution in [2.75, 3.05) is 6.61 Å². The van der Waals surface area contributed by atoms with Gasteiger partial charge in [0.25, 0.3) is 0 Å². The van der Waals surface area contributed by atoms with E-state index in [1.807, 2.05) is 0 Å². The normalized spacial score (nSPS) is 9.83. The highest BCUT2D eigenvalue weighted by Crippen LogP contribution is 2.29. The van der Waals surface area contributed by atoms with E-state index in [0.29, 0.717) is 5.56 Å². The lowest BCUT2D eigenvalue weighted by Gasteiger charge is -2.11. The quantitative estimate of drug-likeness (QED) is 0.610. The first kappa shape index (κ1) is 19.6. The minimum atomic E-state index is -0.764. The molecule has 0 radical (unpaired) electrons. The van der Waals surface area contributed by atoms with E-state index in [1.54, 1.807) is 6.92 Å². The predicted octanol–water partition coefficient (Wildman–Crippen LogP) is 4.16. The van der Waals surface area contributed by atoms with Crippen molar-refractivity contribution in [3.8, 4) is 16.9 Å². The Balaban J connectivity index is 0.00000288. The molecule has 0 saturated carbocycles. The number of halogens is 3. The summed E-state index contributed by atoms with van der Waals surface area (Å²) in [4.78, 5) is 23.1. The highest BCUT2D eigenvalue weighted by molar-refractivity contribution is 5.95. The number of ether oxygens (including phenoxy) is 2. The molecule has 0 aliphatic rings. The van der Waals surface area contributed by atoms with Crippen LogP contribution in [-0.2, 0) is 9.53 Å². The van der Waals surface area contributed by atoms with Gasteiger partial charge in [0, 0.05) is 18.6 Å². The molecule has 0 fully saturated rings. The van der Waals surface area contributed by atoms with Crippen molar-refractivity contribution in [1.82, 2.24) is 0 Å². The van der Waals surface area contributed by atoms with Crippen molar-refractivity contribution in [3.05, 3.63) is 53.6 Å². The molecular weight excluding hydrogens is 342 g/mol. The Kier molecular flexibility index (Phi) is 6.85. The lowest BCUT2D eigenvalue weighted by Crippen LogP contribution is -2.10. The zero-order chi connectivity index (χ0) is 17.0. The highest BCUT2D eigenvalue weighted by Gasteiger charge is 2.18. The minimum Gasteiger partial charge on any atom is -0.462 e. The van der Waals surface area contributed by atoms with Crippen LogP contribution in [0.15, 0.2) is 36.4 Å². The number of rotatable bonds is 4. The SMILES string of the molecule is CCOC(=O)c1cc(-c2ccc(F)cc2F)ccc1OC(C)=O.Cl. The smallest absolute Gasteiger partial charge is 0.341 e. The lowest BCUT2D eigenvalue weighted by molar-refractivity contribution is -0.131. The van der Waals surface area contributed by atoms with Crippen LogP contribution < -0.4 is 4.74 Å². The number of esters is 2. The van der Waals surface area contributed by atoms with Gasteiger partial charge in [-0.05, 0) is 36.8 Å². The molecule has 0 spiro atoms. The maximum Gasteiger partial charge on any atom is 0.341 e. The molecule has 24 heavy (non-hydrogen) atoms. The molecule has 2 rings (SSSR count). The van der Waals surface area contributed by atoms with E-state index in [9.17, 15) is 18.4 Å². The van der Waals surface area contributed by atoms with E-state index in [2.05, 4.69) is 0 Å². The average Bonchev–Trinajstić information content (AvgIpc) is 2.47. The summed E-state index contributed by atoms with van der Waals surface area (Å²) in [6.07, 6.45) is 0. The zero-order valence-electron chi connectivity index (χ0n) is 13.0. The molecule has 0 aliphatic heterocycles. The van der Waals surface area contributed by atoms with E-state index in [1.165, 1.54) is 31.2 Å². The standard InChI is InChI=1S/C17H14F2O4.ClH/c1-3-22-17(21)14-8-11(4-7-16(14)23-10(2)20)13-6-5-12(18)9-15(13)19;/h4-9H,3H2,1-2H3;1H. The second-order valence-electron chi connectivity index (χ2n) is 4.65. The largest absolute Gasteiger partial charge is 0.462 e. The van der Waals surface area contributed by atoms with Gasteiger partial charge in [0.05, 0.1) is 6.61 Å². The summed E-state index contributed by atoms with van der Waals surface area (Å²) in [6, 6.07) is 7.30. The Labute approximate surface area is 143 Å². The molecular formula is C17H15ClF2O4. The van der Waals surface area contributed by atoms with Gasteiger partial charge in [-0.2, -0.15) is 0 Å². The molecule has 0 amide bonds. The highest BCUT2D eigenvalue weighted by atomic mass is 35.5. The monoisotopic (exact) mass is 356 g/mol. The third-order valence-corrected chi connectivity index (χ3v) is 2.97. The molecule has 128 valence electrons. The van der Waals surface area contributed by atoms with E-state index >= 15 is 0 Å². The molecule has 4 nitrogen and oxygen atoms in total. The van der Waals surface area contributed by atoms with Crippen LogP contribution in [-0.4, -0.2) is 18.5 Å². The van der Waals surface area contributed by atoms with Crippen LogP contribution in [0.1, 0.15) is 24.2 Å². The maximum atomic E-state index is 13.9. The Morgan fingerprint density at radius 1 is 1.08 bits per heavy atom. The van der Waals surface area contributed by atoms with Gasteiger partial charge < -0.3 is 9.47 Å². The molecule has 0 saturated heterocycles. The molecule has 0 aromatic heterocycles. The fraction of sp³-hybridized carbons (Fsp3) is 0.176. The first-order valence-electron chi connectivity index (χ1n) is 6.87. The average molecular weight is 357 g/mol. The third kappa shape index (κ3) is 4.52. The molecule has 2 aromatic carbocycles. The van der Waals surface area contributed by atoms with Crippen molar-refractivity contribution < 1.29 is 27.8 Å². The summed E-state index contributed by atoms with van der Waals surface area (Å²) in [7, 11) is 0. The molecule has 0 unspecified atom stereocenters. The van der Waals surface area contributed by atoms with Crippen LogP contribution >= 0.6 is 12.4 Å². The number of carbonyl (C=O) groups excluding carboxylic acids is 2. The van der Waals surface area contributed by atoms with E-state index in [4.69, 9.17) is 9.47 Å². The van der Waals surface area contributed by atoms with Crippen LogP contribution in [0.4, 0.5) is 8.78 Å². The summed E-state index contributed by atoms with van der Waals surface area (Å²) in [5.41, 5.74) is 0.441. The Hall–Kier alpha value is -2.47. The fourth-order valence-electron chi connectivity index (χ4n) is 2.03. The number of hydrogen-bond donors (Lipinski definition) is 0. The van der Waals surface area contributed by atoms with Gasteiger partial charge in [-0.3, -0.25) is 4.79 Å². The van der Waals surface area contributed by atoms with E-state index in [0.717, 1.165) is 12.1 Å². The minimum absolute atomic E-state index is 0. The van der Waals surface area contributed by atoms with Crippen molar-refractivity contribution in [1.29, 1.82) is 0 Å². The van der Waals surface area contributed by atoms with Gasteiger partial charge in [-0.1, -0.05) is 6.07 Å². The summed E-state index contributed by atoms with van der Waals surface area (Å²) in [5.74, 6) is -2.75. The van der Waals surface area contributed by atoms with E-state index in [-0.39, 0.29) is 35.9 Å². The molecule has 0 bridgehead atoms. The van der Waals surface area contributed by atoms with Gasteiger partial charge in [0.15, 0.2) is 0 Å². The first-order chi connectivity index (χ1) is 10.9. The second kappa shape index (κ2) is 8.40. The van der Waals surface area contributed by atoms with Gasteiger partial charge in [0.2, 0.25) is 0 Å². The van der Waals surface area contributed by atoms with Crippen LogP contribution in [0.3, 0.4) is 0 Å². The predicted molar refractivity (Wildman–Crippen MR) is 86.3 cm³/mol. The van der Waals surface area contributed by atoms with Crippen LogP contribution in [0.2, 0.25) is 0 Å². The Morgan fingerprint density at radius 3 is 2.38 bits per heavy atom. The maximum absolute atomic E-state index is 13.9. The van der Waals surface area contributed by atoms with Crippen LogP contribution in [0.5, 0.6) is 5.75 Å². The summed E-state index contributed by atoms with van der Waals surface area (Å²) in [5, 5.41) is 0. The summed E-state index contributed by atoms with van der Waals surface area (Å²) < 4.78 is 36.8. The fourth-order valence-corrected chi connectivity index (χ4v) is 2.03. The van der Waals surface area contributed by atoms with Gasteiger partial charge in [0.1, 0.15) is 22.9 Å². The third-order valence-electron chi connectivity index (χ3n) is 2.97. The van der Waals surface area contributed by atoms with Crippen molar-refractivity contribution >= 4 is 24.3 Å². The molecule has 7 heteroatoms. The van der Waals surface area contributed by atoms with Crippen molar-refractivity contribution in [2.24, 2.45) is 0 Å². The summed E-state index contributed by atoms with van der Waals surface area (Å²) >= 11 is 0. The van der Waals surface area contributed by atoms with Crippen LogP contribution in [0, 0.1) is 11.6 Å². The van der Waals surface area contributed by atoms with Crippen molar-refractivity contribution in [3.63, 3.8) is 0 Å². The van der Waals surface area contributed by atoms with E-state index < -0.39 is 23.6 Å². The van der Waals surface area contributed by atoms with Gasteiger partial charge in [-0.25, -0.2) is 13.6 Å². The van der Waals surface area contributed by atoms with Gasteiger partial charge in [-0.15, -0.1) is 12.4 Å². The number of benzene rings is 2. The second-order valence-corrected chi connectivity index (χ2v) is 4.65. The lowest BCUT2D eigenvalue weighted by atomic mass is 10.0. The van der Waals surface area contributed by atoms with Gasteiger partial charge >= 0.3 is 11.9 Å². The summed E-state index contributed by atoms with van der Waals surface area (Å²) in [6.45, 7) is 2.96. The molecule has 0 atom stereocenters. The van der Waals surface area contributed by atoms with Crippen molar-refractivity contribution in [2.45, 2.75) is 13.8 Å². The zero-order valence-corrected chi connectivity index (χ0v) is 13.8. The molecule has 2 aromatic rings. The Morgan fingerprint density at radius 2 is 1.79 bits per heavy atom. The molecule has 0 heterocycles. The van der Waals surface area contributed by atoms with Crippen LogP contribution in [0.25, 0.3) is 11.1 Å². The first-order valence-corrected chi connectivity index (χ1v) is 6.87. The number of carbonyl (C=O) groups is 2. The molecule has 0 N–H and O–H groups in total. The Bertz CT molecular complexity index is 762. The topological polar surface area (TPSA) is 52.6 Å². The molecule has 0 aliphatic carbocycles.